The fourth-order valence-corrected chi connectivity index (χ4v) is 3.71. The van der Waals surface area contributed by atoms with Gasteiger partial charge in [-0.05, 0) is 59.8 Å². The van der Waals surface area contributed by atoms with Crippen LogP contribution in [0.4, 0.5) is 0 Å². The summed E-state index contributed by atoms with van der Waals surface area (Å²) in [5.41, 5.74) is 7.92. The Kier molecular flexibility index (Phi) is 6.04. The Morgan fingerprint density at radius 1 is 1.03 bits per heavy atom. The average Bonchev–Trinajstić information content (AvgIpc) is 3.19. The number of hydrogen-bond donors (Lipinski definition) is 1. The molecule has 0 saturated heterocycles. The molecule has 0 bridgehead atoms. The van der Waals surface area contributed by atoms with Crippen molar-refractivity contribution in [2.75, 3.05) is 0 Å². The van der Waals surface area contributed by atoms with Crippen LogP contribution in [0.15, 0.2) is 90.2 Å². The molecule has 0 fully saturated rings. The SMILES string of the molecule is Cc1cccc(-c2nn(-c3ccccc3)cc2C=NNC(=O)c2ccccc2I)c1. The second-order valence-corrected chi connectivity index (χ2v) is 7.92. The largest absolute Gasteiger partial charge is 0.272 e. The molecule has 0 saturated carbocycles. The topological polar surface area (TPSA) is 59.3 Å². The molecule has 0 radical (unpaired) electrons. The normalized spacial score (nSPS) is 11.0. The van der Waals surface area contributed by atoms with Crippen molar-refractivity contribution in [2.45, 2.75) is 6.92 Å². The first-order chi connectivity index (χ1) is 14.6. The highest BCUT2D eigenvalue weighted by molar-refractivity contribution is 14.1. The van der Waals surface area contributed by atoms with Crippen LogP contribution in [0.25, 0.3) is 16.9 Å². The van der Waals surface area contributed by atoms with Gasteiger partial charge >= 0.3 is 0 Å². The van der Waals surface area contributed by atoms with Crippen LogP contribution in [0.3, 0.4) is 0 Å². The Morgan fingerprint density at radius 2 is 1.80 bits per heavy atom. The standard InChI is InChI=1S/C24H19IN4O/c1-17-8-7-9-18(14-17)23-19(16-29(28-23)20-10-3-2-4-11-20)15-26-27-24(30)21-12-5-6-13-22(21)25/h2-16H,1H3,(H,27,30). The maximum absolute atomic E-state index is 12.4. The lowest BCUT2D eigenvalue weighted by Crippen LogP contribution is -2.18. The number of para-hydroxylation sites is 1. The van der Waals surface area contributed by atoms with Gasteiger partial charge in [-0.2, -0.15) is 10.2 Å². The Morgan fingerprint density at radius 3 is 2.57 bits per heavy atom. The summed E-state index contributed by atoms with van der Waals surface area (Å²) in [7, 11) is 0. The molecule has 1 N–H and O–H groups in total. The van der Waals surface area contributed by atoms with Gasteiger partial charge in [-0.25, -0.2) is 10.1 Å². The second kappa shape index (κ2) is 9.04. The number of carbonyl (C=O) groups excluding carboxylic acids is 1. The van der Waals surface area contributed by atoms with Gasteiger partial charge in [0, 0.05) is 20.9 Å². The zero-order valence-corrected chi connectivity index (χ0v) is 18.4. The van der Waals surface area contributed by atoms with E-state index in [1.165, 1.54) is 0 Å². The maximum atomic E-state index is 12.4. The van der Waals surface area contributed by atoms with Crippen molar-refractivity contribution in [3.05, 3.63) is 105 Å². The first-order valence-electron chi connectivity index (χ1n) is 9.42. The van der Waals surface area contributed by atoms with Crippen LogP contribution in [-0.2, 0) is 0 Å². The van der Waals surface area contributed by atoms with Gasteiger partial charge < -0.3 is 0 Å². The number of nitrogens with one attached hydrogen (secondary N) is 1. The number of rotatable bonds is 5. The van der Waals surface area contributed by atoms with Crippen LogP contribution < -0.4 is 5.43 Å². The second-order valence-electron chi connectivity index (χ2n) is 6.76. The summed E-state index contributed by atoms with van der Waals surface area (Å²) in [6, 6.07) is 25.5. The van der Waals surface area contributed by atoms with E-state index in [9.17, 15) is 4.79 Å². The lowest BCUT2D eigenvalue weighted by atomic mass is 10.1. The van der Waals surface area contributed by atoms with Crippen LogP contribution in [0.2, 0.25) is 0 Å². The van der Waals surface area contributed by atoms with Gasteiger partial charge in [0.2, 0.25) is 0 Å². The van der Waals surface area contributed by atoms with Crippen molar-refractivity contribution in [3.63, 3.8) is 0 Å². The molecule has 6 heteroatoms. The van der Waals surface area contributed by atoms with Crippen molar-refractivity contribution >= 4 is 34.7 Å². The predicted molar refractivity (Wildman–Crippen MR) is 128 cm³/mol. The highest BCUT2D eigenvalue weighted by Gasteiger charge is 2.12. The van der Waals surface area contributed by atoms with E-state index in [4.69, 9.17) is 5.10 Å². The monoisotopic (exact) mass is 506 g/mol. The van der Waals surface area contributed by atoms with Gasteiger partial charge in [-0.15, -0.1) is 0 Å². The summed E-state index contributed by atoms with van der Waals surface area (Å²) in [4.78, 5) is 12.4. The molecule has 0 spiro atoms. The summed E-state index contributed by atoms with van der Waals surface area (Å²) < 4.78 is 2.70. The molecular formula is C24H19IN4O. The summed E-state index contributed by atoms with van der Waals surface area (Å²) in [5.74, 6) is -0.246. The number of amides is 1. The molecule has 0 aliphatic rings. The van der Waals surface area contributed by atoms with Crippen LogP contribution in [0.5, 0.6) is 0 Å². The van der Waals surface area contributed by atoms with Gasteiger partial charge in [0.1, 0.15) is 5.69 Å². The fraction of sp³-hybridized carbons (Fsp3) is 0.0417. The van der Waals surface area contributed by atoms with E-state index in [1.54, 1.807) is 12.3 Å². The highest BCUT2D eigenvalue weighted by Crippen LogP contribution is 2.23. The minimum Gasteiger partial charge on any atom is -0.267 e. The van der Waals surface area contributed by atoms with Gasteiger partial charge in [0.15, 0.2) is 0 Å². The van der Waals surface area contributed by atoms with Gasteiger partial charge in [-0.1, -0.05) is 54.1 Å². The maximum Gasteiger partial charge on any atom is 0.272 e. The molecule has 148 valence electrons. The molecule has 4 rings (SSSR count). The highest BCUT2D eigenvalue weighted by atomic mass is 127. The summed E-state index contributed by atoms with van der Waals surface area (Å²) in [6.45, 7) is 2.05. The zero-order valence-electron chi connectivity index (χ0n) is 16.3. The minimum atomic E-state index is -0.246. The number of aromatic nitrogens is 2. The molecule has 30 heavy (non-hydrogen) atoms. The van der Waals surface area contributed by atoms with Crippen LogP contribution in [0.1, 0.15) is 21.5 Å². The molecular weight excluding hydrogens is 487 g/mol. The summed E-state index contributed by atoms with van der Waals surface area (Å²) in [6.07, 6.45) is 3.55. The fourth-order valence-electron chi connectivity index (χ4n) is 3.08. The van der Waals surface area contributed by atoms with Crippen molar-refractivity contribution < 1.29 is 4.79 Å². The Labute approximate surface area is 188 Å². The van der Waals surface area contributed by atoms with E-state index in [0.29, 0.717) is 5.56 Å². The smallest absolute Gasteiger partial charge is 0.267 e. The zero-order chi connectivity index (χ0) is 20.9. The number of halogens is 1. The van der Waals surface area contributed by atoms with E-state index < -0.39 is 0 Å². The molecule has 1 amide bonds. The predicted octanol–water partition coefficient (Wildman–Crippen LogP) is 5.22. The average molecular weight is 506 g/mol. The lowest BCUT2D eigenvalue weighted by molar-refractivity contribution is 0.0954. The molecule has 1 heterocycles. The Balaban J connectivity index is 1.66. The van der Waals surface area contributed by atoms with Gasteiger partial charge in [0.05, 0.1) is 17.5 Å². The first-order valence-corrected chi connectivity index (χ1v) is 10.5. The lowest BCUT2D eigenvalue weighted by Gasteiger charge is -2.02. The number of carbonyl (C=O) groups is 1. The Bertz CT molecular complexity index is 1210. The van der Waals surface area contributed by atoms with Crippen LogP contribution in [0, 0.1) is 10.5 Å². The molecule has 4 aromatic rings. The molecule has 5 nitrogen and oxygen atoms in total. The van der Waals surface area contributed by atoms with E-state index in [1.807, 2.05) is 84.5 Å². The quantitative estimate of drug-likeness (QED) is 0.229. The molecule has 0 aliphatic carbocycles. The summed E-state index contributed by atoms with van der Waals surface area (Å²) in [5, 5.41) is 8.97. The van der Waals surface area contributed by atoms with E-state index in [0.717, 1.165) is 31.6 Å². The summed E-state index contributed by atoms with van der Waals surface area (Å²) >= 11 is 2.14. The molecule has 0 aliphatic heterocycles. The van der Waals surface area contributed by atoms with E-state index >= 15 is 0 Å². The van der Waals surface area contributed by atoms with E-state index in [2.05, 4.69) is 39.2 Å². The number of hydrazone groups is 1. The van der Waals surface area contributed by atoms with Crippen molar-refractivity contribution in [3.8, 4) is 16.9 Å². The minimum absolute atomic E-state index is 0.246. The number of hydrogen-bond acceptors (Lipinski definition) is 3. The van der Waals surface area contributed by atoms with E-state index in [-0.39, 0.29) is 5.91 Å². The van der Waals surface area contributed by atoms with Crippen molar-refractivity contribution in [1.29, 1.82) is 0 Å². The molecule has 3 aromatic carbocycles. The third kappa shape index (κ3) is 4.49. The van der Waals surface area contributed by atoms with Crippen LogP contribution in [-0.4, -0.2) is 21.9 Å². The number of aryl methyl sites for hydroxylation is 1. The molecule has 0 atom stereocenters. The Hall–Kier alpha value is -3.26. The first kappa shape index (κ1) is 20.0. The third-order valence-electron chi connectivity index (χ3n) is 4.54. The van der Waals surface area contributed by atoms with Crippen molar-refractivity contribution in [1.82, 2.24) is 15.2 Å². The molecule has 0 unspecified atom stereocenters. The number of benzene rings is 3. The van der Waals surface area contributed by atoms with Crippen LogP contribution >= 0.6 is 22.6 Å². The van der Waals surface area contributed by atoms with Gasteiger partial charge in [-0.3, -0.25) is 4.79 Å². The third-order valence-corrected chi connectivity index (χ3v) is 5.48. The van der Waals surface area contributed by atoms with Gasteiger partial charge in [0.25, 0.3) is 5.91 Å². The number of nitrogens with zero attached hydrogens (tertiary/aromatic N) is 3. The van der Waals surface area contributed by atoms with Crippen molar-refractivity contribution in [2.24, 2.45) is 5.10 Å². The molecule has 1 aromatic heterocycles.